The maximum Gasteiger partial charge on any atom is 0.265 e. The van der Waals surface area contributed by atoms with Crippen molar-refractivity contribution < 1.29 is 4.74 Å². The molecular weight excluding hydrogens is 362 g/mol. The minimum absolute atomic E-state index is 0.0440. The van der Waals surface area contributed by atoms with Gasteiger partial charge in [0.1, 0.15) is 11.6 Å². The van der Waals surface area contributed by atoms with Crippen LogP contribution in [0.25, 0.3) is 16.6 Å². The fraction of sp³-hybridized carbons (Fsp3) is 0.417. The summed E-state index contributed by atoms with van der Waals surface area (Å²) < 4.78 is 7.57. The molecule has 0 radical (unpaired) electrons. The molecule has 1 fully saturated rings. The number of nitrogens with zero attached hydrogens (tertiary/aromatic N) is 3. The minimum atomic E-state index is -0.0440. The lowest BCUT2D eigenvalue weighted by Crippen LogP contribution is -2.35. The van der Waals surface area contributed by atoms with E-state index in [1.54, 1.807) is 4.57 Å². The summed E-state index contributed by atoms with van der Waals surface area (Å²) in [6.45, 7) is 8.43. The molecule has 3 aromatic rings. The van der Waals surface area contributed by atoms with Crippen molar-refractivity contribution in [3.05, 3.63) is 64.7 Å². The van der Waals surface area contributed by atoms with Crippen molar-refractivity contribution in [2.45, 2.75) is 33.1 Å². The lowest BCUT2D eigenvalue weighted by molar-refractivity contribution is 0.170. The van der Waals surface area contributed by atoms with Crippen molar-refractivity contribution in [2.24, 2.45) is 5.92 Å². The second-order valence-corrected chi connectivity index (χ2v) is 8.06. The lowest BCUT2D eigenvalue weighted by atomic mass is 10.0. The van der Waals surface area contributed by atoms with Crippen LogP contribution >= 0.6 is 0 Å². The molecule has 0 bridgehead atoms. The molecule has 0 saturated carbocycles. The summed E-state index contributed by atoms with van der Waals surface area (Å²) >= 11 is 0. The maximum atomic E-state index is 12.9. The Kier molecular flexibility index (Phi) is 5.95. The number of fused-ring (bicyclic) bond motifs is 1. The van der Waals surface area contributed by atoms with Crippen LogP contribution in [-0.2, 0) is 0 Å². The van der Waals surface area contributed by atoms with E-state index in [9.17, 15) is 4.79 Å². The van der Waals surface area contributed by atoms with E-state index < -0.39 is 0 Å². The summed E-state index contributed by atoms with van der Waals surface area (Å²) in [6.07, 6.45) is 3.70. The number of aryl methyl sites for hydroxylation is 1. The smallest absolute Gasteiger partial charge is 0.265 e. The SMILES string of the molecule is Cc1nc2ccccc2c(=O)n1-c1ccc(OCCCN2CCC[C@H](C)C2)cc1. The summed E-state index contributed by atoms with van der Waals surface area (Å²) in [7, 11) is 0. The standard InChI is InChI=1S/C24H29N3O2/c1-18-7-5-14-26(17-18)15-6-16-29-21-12-10-20(11-13-21)27-19(2)25-23-9-4-3-8-22(23)24(27)28/h3-4,8-13,18H,5-7,14-17H2,1-2H3/t18-/m0/s1. The monoisotopic (exact) mass is 391 g/mol. The first-order valence-electron chi connectivity index (χ1n) is 10.6. The Hall–Kier alpha value is -2.66. The number of rotatable bonds is 6. The second-order valence-electron chi connectivity index (χ2n) is 8.06. The Morgan fingerprint density at radius 1 is 1.14 bits per heavy atom. The number of benzene rings is 2. The number of ether oxygens (including phenoxy) is 1. The molecule has 0 unspecified atom stereocenters. The average Bonchev–Trinajstić information content (AvgIpc) is 2.72. The Balaban J connectivity index is 1.39. The van der Waals surface area contributed by atoms with Gasteiger partial charge in [-0.05, 0) is 75.0 Å². The van der Waals surface area contributed by atoms with Crippen molar-refractivity contribution in [1.29, 1.82) is 0 Å². The third kappa shape index (κ3) is 4.51. The number of hydrogen-bond donors (Lipinski definition) is 0. The molecule has 1 aromatic heterocycles. The van der Waals surface area contributed by atoms with Gasteiger partial charge < -0.3 is 9.64 Å². The molecule has 0 aliphatic carbocycles. The first kappa shape index (κ1) is 19.6. The Labute approximate surface area is 171 Å². The molecule has 1 atom stereocenters. The molecule has 4 rings (SSSR count). The highest BCUT2D eigenvalue weighted by Crippen LogP contribution is 2.18. The molecule has 1 saturated heterocycles. The van der Waals surface area contributed by atoms with E-state index in [1.165, 1.54) is 25.9 Å². The Morgan fingerprint density at radius 2 is 1.93 bits per heavy atom. The van der Waals surface area contributed by atoms with E-state index in [2.05, 4.69) is 16.8 Å². The van der Waals surface area contributed by atoms with Gasteiger partial charge in [0, 0.05) is 13.1 Å². The highest BCUT2D eigenvalue weighted by molar-refractivity contribution is 5.77. The van der Waals surface area contributed by atoms with Gasteiger partial charge in [-0.15, -0.1) is 0 Å². The van der Waals surface area contributed by atoms with Gasteiger partial charge in [0.2, 0.25) is 0 Å². The highest BCUT2D eigenvalue weighted by atomic mass is 16.5. The van der Waals surface area contributed by atoms with Crippen LogP contribution in [-0.4, -0.2) is 40.7 Å². The zero-order valence-corrected chi connectivity index (χ0v) is 17.3. The van der Waals surface area contributed by atoms with Crippen LogP contribution in [0.2, 0.25) is 0 Å². The molecule has 5 nitrogen and oxygen atoms in total. The van der Waals surface area contributed by atoms with Gasteiger partial charge in [-0.2, -0.15) is 0 Å². The van der Waals surface area contributed by atoms with Crippen LogP contribution in [0, 0.1) is 12.8 Å². The van der Waals surface area contributed by atoms with E-state index in [-0.39, 0.29) is 5.56 Å². The Bertz CT molecular complexity index is 1030. The summed E-state index contributed by atoms with van der Waals surface area (Å²) in [5.41, 5.74) is 1.49. The van der Waals surface area contributed by atoms with E-state index >= 15 is 0 Å². The third-order valence-electron chi connectivity index (χ3n) is 5.67. The molecular formula is C24H29N3O2. The van der Waals surface area contributed by atoms with Crippen LogP contribution in [0.3, 0.4) is 0 Å². The lowest BCUT2D eigenvalue weighted by Gasteiger charge is -2.30. The normalized spacial score (nSPS) is 17.5. The Morgan fingerprint density at radius 3 is 2.72 bits per heavy atom. The van der Waals surface area contributed by atoms with Gasteiger partial charge in [-0.1, -0.05) is 19.1 Å². The topological polar surface area (TPSA) is 47.4 Å². The maximum absolute atomic E-state index is 12.9. The first-order chi connectivity index (χ1) is 14.1. The second kappa shape index (κ2) is 8.78. The average molecular weight is 392 g/mol. The van der Waals surface area contributed by atoms with Crippen molar-refractivity contribution >= 4 is 10.9 Å². The molecule has 0 amide bonds. The van der Waals surface area contributed by atoms with E-state index in [0.29, 0.717) is 17.8 Å². The van der Waals surface area contributed by atoms with Crippen LogP contribution in [0.5, 0.6) is 5.75 Å². The van der Waals surface area contributed by atoms with Gasteiger partial charge in [-0.25, -0.2) is 4.98 Å². The van der Waals surface area contributed by atoms with Crippen molar-refractivity contribution in [3.63, 3.8) is 0 Å². The molecule has 0 spiro atoms. The molecule has 2 heterocycles. The summed E-state index contributed by atoms with van der Waals surface area (Å²) in [6, 6.07) is 15.2. The quantitative estimate of drug-likeness (QED) is 0.591. The van der Waals surface area contributed by atoms with Crippen molar-refractivity contribution in [1.82, 2.24) is 14.5 Å². The van der Waals surface area contributed by atoms with Gasteiger partial charge >= 0.3 is 0 Å². The molecule has 5 heteroatoms. The largest absolute Gasteiger partial charge is 0.494 e. The summed E-state index contributed by atoms with van der Waals surface area (Å²) in [5.74, 6) is 2.33. The van der Waals surface area contributed by atoms with Crippen LogP contribution in [0.1, 0.15) is 32.0 Å². The van der Waals surface area contributed by atoms with Crippen molar-refractivity contribution in [3.8, 4) is 11.4 Å². The fourth-order valence-corrected chi connectivity index (χ4v) is 4.21. The van der Waals surface area contributed by atoms with Gasteiger partial charge in [-0.3, -0.25) is 9.36 Å². The molecule has 152 valence electrons. The van der Waals surface area contributed by atoms with Gasteiger partial charge in [0.05, 0.1) is 23.2 Å². The molecule has 29 heavy (non-hydrogen) atoms. The van der Waals surface area contributed by atoms with Crippen LogP contribution in [0.15, 0.2) is 53.3 Å². The predicted molar refractivity (Wildman–Crippen MR) is 117 cm³/mol. The highest BCUT2D eigenvalue weighted by Gasteiger charge is 2.15. The fourth-order valence-electron chi connectivity index (χ4n) is 4.21. The minimum Gasteiger partial charge on any atom is -0.494 e. The number of piperidine rings is 1. The number of aromatic nitrogens is 2. The van der Waals surface area contributed by atoms with Crippen LogP contribution < -0.4 is 10.3 Å². The van der Waals surface area contributed by atoms with Gasteiger partial charge in [0.15, 0.2) is 0 Å². The van der Waals surface area contributed by atoms with Crippen LogP contribution in [0.4, 0.5) is 0 Å². The van der Waals surface area contributed by atoms with E-state index in [1.807, 2.05) is 55.5 Å². The van der Waals surface area contributed by atoms with E-state index in [0.717, 1.165) is 35.8 Å². The first-order valence-corrected chi connectivity index (χ1v) is 10.6. The number of hydrogen-bond acceptors (Lipinski definition) is 4. The zero-order valence-electron chi connectivity index (χ0n) is 17.3. The number of likely N-dealkylation sites (tertiary alicyclic amines) is 1. The molecule has 2 aromatic carbocycles. The van der Waals surface area contributed by atoms with Crippen molar-refractivity contribution in [2.75, 3.05) is 26.2 Å². The molecule has 1 aliphatic rings. The van der Waals surface area contributed by atoms with E-state index in [4.69, 9.17) is 4.74 Å². The summed E-state index contributed by atoms with van der Waals surface area (Å²) in [4.78, 5) is 20.0. The molecule has 1 aliphatic heterocycles. The predicted octanol–water partition coefficient (Wildman–Crippen LogP) is 4.19. The summed E-state index contributed by atoms with van der Waals surface area (Å²) in [5, 5.41) is 0.630. The zero-order chi connectivity index (χ0) is 20.2. The third-order valence-corrected chi connectivity index (χ3v) is 5.67. The number of para-hydroxylation sites is 1. The van der Waals surface area contributed by atoms with Gasteiger partial charge in [0.25, 0.3) is 5.56 Å². The molecule has 0 N–H and O–H groups in total.